The largest absolute Gasteiger partial charge is 0.390 e. The molecule has 3 heterocycles. The first kappa shape index (κ1) is 21.2. The molecule has 1 saturated carbocycles. The zero-order valence-corrected chi connectivity index (χ0v) is 19.7. The zero-order chi connectivity index (χ0) is 23.7. The number of pyridine rings is 1. The Morgan fingerprint density at radius 2 is 1.79 bits per heavy atom. The van der Waals surface area contributed by atoms with Gasteiger partial charge in [0, 0.05) is 39.3 Å². The van der Waals surface area contributed by atoms with Crippen molar-refractivity contribution >= 4 is 28.3 Å². The van der Waals surface area contributed by atoms with Gasteiger partial charge in [0.15, 0.2) is 11.3 Å². The molecule has 1 aliphatic rings. The molecule has 0 unspecified atom stereocenters. The van der Waals surface area contributed by atoms with Gasteiger partial charge in [0.1, 0.15) is 0 Å². The predicted molar refractivity (Wildman–Crippen MR) is 135 cm³/mol. The monoisotopic (exact) mass is 469 g/mol. The minimum Gasteiger partial charge on any atom is -0.390 e. The van der Waals surface area contributed by atoms with Crippen LogP contribution in [0.25, 0.3) is 39.1 Å². The fourth-order valence-corrected chi connectivity index (χ4v) is 5.41. The summed E-state index contributed by atoms with van der Waals surface area (Å²) in [5.74, 6) is 0. The Hall–Kier alpha value is -3.32. The van der Waals surface area contributed by atoms with Crippen LogP contribution in [-0.4, -0.2) is 30.3 Å². The van der Waals surface area contributed by atoms with Crippen LogP contribution in [0.3, 0.4) is 0 Å². The van der Waals surface area contributed by atoms with Crippen LogP contribution in [-0.2, 0) is 5.54 Å². The standard InChI is InChI=1S/C27H24ClN5O/c1-16-10-23-30-13-19-12-22(18-4-3-5-21(28)11-18)24(31-25(19)33(23)32-16)17-6-8-20(9-7-17)27(29)14-26(2,34)15-27/h3-13,34H,14-15,29H2,1-2H3. The fraction of sp³-hybridized carbons (Fsp3) is 0.222. The number of benzene rings is 2. The maximum atomic E-state index is 10.2. The van der Waals surface area contributed by atoms with Crippen molar-refractivity contribution in [3.63, 3.8) is 0 Å². The summed E-state index contributed by atoms with van der Waals surface area (Å²) in [6.45, 7) is 3.77. The summed E-state index contributed by atoms with van der Waals surface area (Å²) >= 11 is 6.33. The van der Waals surface area contributed by atoms with Gasteiger partial charge in [-0.3, -0.25) is 0 Å². The van der Waals surface area contributed by atoms with Gasteiger partial charge < -0.3 is 10.8 Å². The van der Waals surface area contributed by atoms with E-state index in [0.717, 1.165) is 50.3 Å². The van der Waals surface area contributed by atoms with Crippen molar-refractivity contribution < 1.29 is 5.11 Å². The first-order chi connectivity index (χ1) is 16.2. The van der Waals surface area contributed by atoms with Crippen molar-refractivity contribution in [2.45, 2.75) is 37.8 Å². The third-order valence-electron chi connectivity index (χ3n) is 6.64. The van der Waals surface area contributed by atoms with Gasteiger partial charge >= 0.3 is 0 Å². The van der Waals surface area contributed by atoms with Crippen LogP contribution >= 0.6 is 11.6 Å². The molecule has 170 valence electrons. The topological polar surface area (TPSA) is 89.3 Å². The smallest absolute Gasteiger partial charge is 0.165 e. The predicted octanol–water partition coefficient (Wildman–Crippen LogP) is 5.27. The summed E-state index contributed by atoms with van der Waals surface area (Å²) in [5, 5.41) is 16.4. The second kappa shape index (κ2) is 7.34. The van der Waals surface area contributed by atoms with E-state index in [1.54, 1.807) is 4.52 Å². The molecule has 5 aromatic rings. The van der Waals surface area contributed by atoms with E-state index in [4.69, 9.17) is 22.3 Å². The molecule has 0 aliphatic heterocycles. The van der Waals surface area contributed by atoms with Gasteiger partial charge in [0.25, 0.3) is 0 Å². The van der Waals surface area contributed by atoms with Crippen LogP contribution in [0.4, 0.5) is 0 Å². The van der Waals surface area contributed by atoms with Crippen molar-refractivity contribution in [1.29, 1.82) is 0 Å². The minimum absolute atomic E-state index is 0.501. The van der Waals surface area contributed by atoms with Gasteiger partial charge in [0.2, 0.25) is 0 Å². The Morgan fingerprint density at radius 3 is 2.50 bits per heavy atom. The molecule has 0 radical (unpaired) electrons. The summed E-state index contributed by atoms with van der Waals surface area (Å²) in [4.78, 5) is 9.64. The first-order valence-electron chi connectivity index (χ1n) is 11.3. The highest BCUT2D eigenvalue weighted by Crippen LogP contribution is 2.46. The zero-order valence-electron chi connectivity index (χ0n) is 19.0. The molecule has 1 aliphatic carbocycles. The van der Waals surface area contributed by atoms with Gasteiger partial charge in [-0.05, 0) is 56.0 Å². The van der Waals surface area contributed by atoms with Crippen molar-refractivity contribution in [2.75, 3.05) is 0 Å². The Balaban J connectivity index is 1.54. The van der Waals surface area contributed by atoms with Gasteiger partial charge in [-0.2, -0.15) is 9.61 Å². The first-order valence-corrected chi connectivity index (χ1v) is 11.6. The highest BCUT2D eigenvalue weighted by Gasteiger charge is 2.49. The number of aryl methyl sites for hydroxylation is 1. The average molecular weight is 470 g/mol. The van der Waals surface area contributed by atoms with E-state index in [2.05, 4.69) is 16.1 Å². The summed E-state index contributed by atoms with van der Waals surface area (Å²) in [6.07, 6.45) is 2.93. The van der Waals surface area contributed by atoms with Gasteiger partial charge in [0.05, 0.1) is 17.0 Å². The summed E-state index contributed by atoms with van der Waals surface area (Å²) in [5.41, 5.74) is 12.5. The number of halogens is 1. The number of rotatable bonds is 3. The van der Waals surface area contributed by atoms with E-state index in [-0.39, 0.29) is 0 Å². The molecule has 0 saturated heterocycles. The van der Waals surface area contributed by atoms with E-state index in [0.29, 0.717) is 17.9 Å². The fourth-order valence-electron chi connectivity index (χ4n) is 5.22. The van der Waals surface area contributed by atoms with Crippen LogP contribution in [0.1, 0.15) is 31.0 Å². The second-order valence-electron chi connectivity index (χ2n) is 9.71. The van der Waals surface area contributed by atoms with E-state index in [1.807, 2.05) is 74.6 Å². The highest BCUT2D eigenvalue weighted by atomic mass is 35.5. The lowest BCUT2D eigenvalue weighted by atomic mass is 9.63. The Kier molecular flexibility index (Phi) is 4.58. The number of fused-ring (bicyclic) bond motifs is 3. The normalized spacial score (nSPS) is 22.3. The molecule has 0 amide bonds. The van der Waals surface area contributed by atoms with Crippen molar-refractivity contribution in [3.8, 4) is 22.4 Å². The average Bonchev–Trinajstić information content (AvgIpc) is 3.18. The third-order valence-corrected chi connectivity index (χ3v) is 6.88. The maximum absolute atomic E-state index is 10.2. The van der Waals surface area contributed by atoms with Gasteiger partial charge in [-0.15, -0.1) is 0 Å². The third kappa shape index (κ3) is 3.46. The minimum atomic E-state index is -0.700. The summed E-state index contributed by atoms with van der Waals surface area (Å²) in [6, 6.07) is 20.0. The SMILES string of the molecule is Cc1cc2ncc3cc(-c4cccc(Cl)c4)c(-c4ccc(C5(N)CC(C)(O)C5)cc4)nc3n2n1. The van der Waals surface area contributed by atoms with Crippen molar-refractivity contribution in [2.24, 2.45) is 5.73 Å². The van der Waals surface area contributed by atoms with E-state index >= 15 is 0 Å². The molecule has 0 atom stereocenters. The number of aliphatic hydroxyl groups is 1. The van der Waals surface area contributed by atoms with E-state index < -0.39 is 11.1 Å². The Bertz CT molecular complexity index is 1560. The molecule has 6 rings (SSSR count). The molecule has 2 aromatic carbocycles. The highest BCUT2D eigenvalue weighted by molar-refractivity contribution is 6.30. The van der Waals surface area contributed by atoms with Crippen LogP contribution in [0.15, 0.2) is 66.9 Å². The van der Waals surface area contributed by atoms with Crippen LogP contribution in [0, 0.1) is 6.92 Å². The number of nitrogens with zero attached hydrogens (tertiary/aromatic N) is 4. The Labute approximate surface area is 202 Å². The molecule has 7 heteroatoms. The van der Waals surface area contributed by atoms with E-state index in [1.165, 1.54) is 0 Å². The lowest BCUT2D eigenvalue weighted by molar-refractivity contribution is -0.0738. The summed E-state index contributed by atoms with van der Waals surface area (Å²) < 4.78 is 1.79. The lowest BCUT2D eigenvalue weighted by Crippen LogP contribution is -2.58. The van der Waals surface area contributed by atoms with Crippen LogP contribution in [0.2, 0.25) is 5.02 Å². The van der Waals surface area contributed by atoms with Gasteiger partial charge in [-0.25, -0.2) is 9.97 Å². The van der Waals surface area contributed by atoms with Crippen molar-refractivity contribution in [3.05, 3.63) is 83.1 Å². The molecule has 0 bridgehead atoms. The molecule has 3 aromatic heterocycles. The summed E-state index contributed by atoms with van der Waals surface area (Å²) in [7, 11) is 0. The molecule has 6 nitrogen and oxygen atoms in total. The number of hydrogen-bond donors (Lipinski definition) is 2. The van der Waals surface area contributed by atoms with Gasteiger partial charge in [-0.1, -0.05) is 48.0 Å². The van der Waals surface area contributed by atoms with E-state index in [9.17, 15) is 5.11 Å². The molecular formula is C27H24ClN5O. The second-order valence-corrected chi connectivity index (χ2v) is 10.1. The molecule has 3 N–H and O–H groups in total. The molecule has 1 fully saturated rings. The van der Waals surface area contributed by atoms with Crippen molar-refractivity contribution in [1.82, 2.24) is 19.6 Å². The van der Waals surface area contributed by atoms with Crippen LogP contribution in [0.5, 0.6) is 0 Å². The number of nitrogens with two attached hydrogens (primary N) is 1. The maximum Gasteiger partial charge on any atom is 0.165 e. The number of aromatic nitrogens is 4. The lowest BCUT2D eigenvalue weighted by Gasteiger charge is -2.49. The van der Waals surface area contributed by atoms with Crippen LogP contribution < -0.4 is 5.73 Å². The molecular weight excluding hydrogens is 446 g/mol. The quantitative estimate of drug-likeness (QED) is 0.375. The number of hydrogen-bond acceptors (Lipinski definition) is 5. The Morgan fingerprint density at radius 1 is 1.03 bits per heavy atom. The molecule has 0 spiro atoms. The molecule has 34 heavy (non-hydrogen) atoms.